The molecule has 3 rings (SSSR count). The first kappa shape index (κ1) is 28.5. The van der Waals surface area contributed by atoms with Gasteiger partial charge in [0.2, 0.25) is 18.2 Å². The average molecular weight is 475 g/mol. The van der Waals surface area contributed by atoms with Crippen LogP contribution in [-0.2, 0) is 23.6 Å². The minimum atomic E-state index is -4.21. The molecule has 11 heteroatoms. The van der Waals surface area contributed by atoms with Crippen LogP contribution in [0.5, 0.6) is 0 Å². The Kier molecular flexibility index (Phi) is 13.6. The predicted molar refractivity (Wildman–Crippen MR) is 122 cm³/mol. The molecule has 6 N–H and O–H groups in total. The number of carbonyl (C=O) groups excluding carboxylic acids is 3. The molecular formula is C21H22N3O6PS. The standard InChI is InChI=1S/C18H19O3PS.3CHNO/c19-22(20,21)23(16-10-4-1-5-11-16,17-12-6-2-7-13-17)18-14-8-3-9-15-18;3*2-1-3/h1-15,19-21,23H;3*2H. The van der Waals surface area contributed by atoms with E-state index in [4.69, 9.17) is 30.6 Å². The number of hydrogen-bond acceptors (Lipinski definition) is 6. The van der Waals surface area contributed by atoms with Gasteiger partial charge in [0.25, 0.3) is 6.72 Å². The number of nitrogens with one attached hydrogen (secondary N) is 3. The summed E-state index contributed by atoms with van der Waals surface area (Å²) in [5.74, 6) is 0. The van der Waals surface area contributed by atoms with E-state index in [1.807, 2.05) is 91.0 Å². The highest BCUT2D eigenvalue weighted by Gasteiger charge is 2.31. The van der Waals surface area contributed by atoms with E-state index < -0.39 is 15.9 Å². The van der Waals surface area contributed by atoms with E-state index in [2.05, 4.69) is 0 Å². The van der Waals surface area contributed by atoms with E-state index in [1.54, 1.807) is 0 Å². The molecule has 0 aliphatic carbocycles. The topological polar surface area (TPSA) is 183 Å². The van der Waals surface area contributed by atoms with Crippen LogP contribution in [0.2, 0.25) is 0 Å². The first-order chi connectivity index (χ1) is 15.3. The summed E-state index contributed by atoms with van der Waals surface area (Å²) in [4.78, 5) is 59.0. The molecule has 0 amide bonds. The summed E-state index contributed by atoms with van der Waals surface area (Å²) in [6.45, 7) is -4.21. The van der Waals surface area contributed by atoms with E-state index in [9.17, 15) is 14.7 Å². The highest BCUT2D eigenvalue weighted by atomic mass is 32.6. The molecule has 0 unspecified atom stereocenters. The van der Waals surface area contributed by atoms with Crippen molar-refractivity contribution in [3.63, 3.8) is 0 Å². The van der Waals surface area contributed by atoms with Crippen molar-refractivity contribution in [2.24, 2.45) is 0 Å². The van der Waals surface area contributed by atoms with Crippen LogP contribution in [0.25, 0.3) is 0 Å². The van der Waals surface area contributed by atoms with Gasteiger partial charge in [-0.2, -0.15) is 0 Å². The van der Waals surface area contributed by atoms with E-state index in [0.717, 1.165) is 32.9 Å². The summed E-state index contributed by atoms with van der Waals surface area (Å²) < 4.78 is 0. The van der Waals surface area contributed by atoms with Crippen molar-refractivity contribution in [3.05, 3.63) is 91.0 Å². The lowest BCUT2D eigenvalue weighted by molar-refractivity contribution is 0.362. The zero-order valence-corrected chi connectivity index (χ0v) is 18.4. The monoisotopic (exact) mass is 475 g/mol. The van der Waals surface area contributed by atoms with E-state index in [-0.39, 0.29) is 0 Å². The number of rotatable bonds is 3. The van der Waals surface area contributed by atoms with Crippen molar-refractivity contribution in [2.75, 3.05) is 0 Å². The van der Waals surface area contributed by atoms with Gasteiger partial charge in [0.05, 0.1) is 0 Å². The molecule has 0 aliphatic heterocycles. The Balaban J connectivity index is 0.000000925. The third-order valence-corrected chi connectivity index (χ3v) is 12.2. The fourth-order valence-corrected chi connectivity index (χ4v) is 10.5. The average Bonchev–Trinajstić information content (AvgIpc) is 2.77. The van der Waals surface area contributed by atoms with Crippen molar-refractivity contribution in [1.29, 1.82) is 16.2 Å². The Bertz CT molecular complexity index is 994. The van der Waals surface area contributed by atoms with Crippen LogP contribution in [0.3, 0.4) is 0 Å². The van der Waals surface area contributed by atoms with Gasteiger partial charge in [-0.05, 0) is 51.1 Å². The summed E-state index contributed by atoms with van der Waals surface area (Å²) in [6.07, 6.45) is 2.25. The molecule has 0 spiro atoms. The smallest absolute Gasteiger partial charge is 0.271 e. The molecule has 3 aromatic carbocycles. The molecule has 0 saturated heterocycles. The van der Waals surface area contributed by atoms with Crippen molar-refractivity contribution in [1.82, 2.24) is 0 Å². The van der Waals surface area contributed by atoms with Crippen LogP contribution in [0.15, 0.2) is 106 Å². The molecule has 0 fully saturated rings. The fraction of sp³-hybridized carbons (Fsp3) is 0. The maximum absolute atomic E-state index is 10.6. The van der Waals surface area contributed by atoms with E-state index in [0.29, 0.717) is 0 Å². The summed E-state index contributed by atoms with van der Waals surface area (Å²) in [7, 11) is -2.96. The first-order valence-corrected chi connectivity index (χ1v) is 12.7. The number of hydrogen-bond donors (Lipinski definition) is 7. The molecule has 0 aliphatic rings. The number of isocyanates is 3. The molecule has 32 heavy (non-hydrogen) atoms. The van der Waals surface area contributed by atoms with Gasteiger partial charge in [0, 0.05) is 0 Å². The summed E-state index contributed by atoms with van der Waals surface area (Å²) in [6, 6.07) is 27.9. The lowest BCUT2D eigenvalue weighted by Crippen LogP contribution is -2.16. The Morgan fingerprint density at radius 2 is 0.719 bits per heavy atom. The Morgan fingerprint density at radius 1 is 0.531 bits per heavy atom. The molecule has 0 saturated carbocycles. The van der Waals surface area contributed by atoms with Crippen LogP contribution in [0.4, 0.5) is 0 Å². The maximum atomic E-state index is 10.6. The van der Waals surface area contributed by atoms with Gasteiger partial charge in [-0.25, -0.2) is 30.6 Å². The maximum Gasteiger partial charge on any atom is 0.271 e. The quantitative estimate of drug-likeness (QED) is 0.132. The van der Waals surface area contributed by atoms with Gasteiger partial charge in [-0.1, -0.05) is 54.6 Å². The molecular weight excluding hydrogens is 453 g/mol. The third kappa shape index (κ3) is 7.61. The zero-order valence-electron chi connectivity index (χ0n) is 16.6. The summed E-state index contributed by atoms with van der Waals surface area (Å²) >= 11 is 0. The van der Waals surface area contributed by atoms with Crippen LogP contribution in [0, 0.1) is 16.2 Å². The second kappa shape index (κ2) is 15.3. The molecule has 0 aromatic heterocycles. The molecule has 9 nitrogen and oxygen atoms in total. The number of thiol groups is 1. The van der Waals surface area contributed by atoms with Crippen molar-refractivity contribution in [3.8, 4) is 0 Å². The van der Waals surface area contributed by atoms with E-state index >= 15 is 0 Å². The Morgan fingerprint density at radius 3 is 0.875 bits per heavy atom. The molecule has 0 heterocycles. The largest absolute Gasteiger partial charge is 0.329 e. The lowest BCUT2D eigenvalue weighted by Gasteiger charge is -2.36. The van der Waals surface area contributed by atoms with Gasteiger partial charge >= 0.3 is 0 Å². The summed E-state index contributed by atoms with van der Waals surface area (Å²) in [5, 5.41) is 16.2. The van der Waals surface area contributed by atoms with Gasteiger partial charge in [-0.3, -0.25) is 0 Å². The minimum absolute atomic E-state index is 0.748. The fourth-order valence-electron chi connectivity index (χ4n) is 2.84. The van der Waals surface area contributed by atoms with Crippen molar-refractivity contribution >= 4 is 34.2 Å². The van der Waals surface area contributed by atoms with Gasteiger partial charge in [0.1, 0.15) is 0 Å². The SMILES string of the molecule is N=C=O.N=C=O.N=C=O.OP(O)(O)=[SH](c1ccccc1)(c1ccccc1)c1ccccc1. The van der Waals surface area contributed by atoms with Crippen LogP contribution < -0.4 is 0 Å². The van der Waals surface area contributed by atoms with Crippen molar-refractivity contribution in [2.45, 2.75) is 14.7 Å². The Hall–Kier alpha value is -3.54. The van der Waals surface area contributed by atoms with Gasteiger partial charge in [-0.15, -0.1) is 9.21 Å². The van der Waals surface area contributed by atoms with Gasteiger partial charge in [0.15, 0.2) is 0 Å². The number of benzene rings is 3. The summed E-state index contributed by atoms with van der Waals surface area (Å²) in [5.41, 5.74) is 0. The van der Waals surface area contributed by atoms with Crippen LogP contribution in [-0.4, -0.2) is 32.9 Å². The molecule has 0 bridgehead atoms. The Labute approximate surface area is 185 Å². The zero-order chi connectivity index (χ0) is 24.5. The normalized spacial score (nSPS) is 9.97. The van der Waals surface area contributed by atoms with Crippen LogP contribution in [0.1, 0.15) is 0 Å². The highest BCUT2D eigenvalue weighted by molar-refractivity contribution is 8.39. The molecule has 0 radical (unpaired) electrons. The second-order valence-electron chi connectivity index (χ2n) is 5.48. The lowest BCUT2D eigenvalue weighted by atomic mass is 10.4. The highest BCUT2D eigenvalue weighted by Crippen LogP contribution is 2.56. The first-order valence-electron chi connectivity index (χ1n) is 8.57. The van der Waals surface area contributed by atoms with Crippen molar-refractivity contribution < 1.29 is 29.1 Å². The third-order valence-electron chi connectivity index (χ3n) is 3.79. The van der Waals surface area contributed by atoms with E-state index in [1.165, 1.54) is 0 Å². The van der Waals surface area contributed by atoms with Crippen LogP contribution >= 0.6 is 6.72 Å². The molecule has 0 atom stereocenters. The predicted octanol–water partition coefficient (Wildman–Crippen LogP) is 3.41. The molecule has 168 valence electrons. The molecule has 3 aromatic rings. The van der Waals surface area contributed by atoms with Gasteiger partial charge < -0.3 is 14.7 Å². The second-order valence-corrected chi connectivity index (χ2v) is 12.8. The minimum Gasteiger partial charge on any atom is -0.329 e.